The lowest BCUT2D eigenvalue weighted by Gasteiger charge is -2.22. The SMILES string of the molecule is Cc1ccccc1Nc1ccccc1N(C)C(=O)Cc1cc(C(F)(F)F)cc(C(F)(F)F)c1. The highest BCUT2D eigenvalue weighted by atomic mass is 19.4. The maximum absolute atomic E-state index is 13.1. The van der Waals surface area contributed by atoms with Crippen molar-refractivity contribution in [3.8, 4) is 0 Å². The van der Waals surface area contributed by atoms with Gasteiger partial charge >= 0.3 is 12.4 Å². The van der Waals surface area contributed by atoms with Gasteiger partial charge in [0.25, 0.3) is 0 Å². The molecule has 1 amide bonds. The van der Waals surface area contributed by atoms with Crippen LogP contribution < -0.4 is 10.2 Å². The number of halogens is 6. The summed E-state index contributed by atoms with van der Waals surface area (Å²) in [5, 5.41) is 3.21. The summed E-state index contributed by atoms with van der Waals surface area (Å²) in [6.45, 7) is 1.89. The topological polar surface area (TPSA) is 32.3 Å². The Hall–Kier alpha value is -3.49. The number of anilines is 3. The normalized spacial score (nSPS) is 11.9. The molecule has 0 aromatic heterocycles. The molecule has 0 unspecified atom stereocenters. The summed E-state index contributed by atoms with van der Waals surface area (Å²) in [6.07, 6.45) is -10.6. The van der Waals surface area contributed by atoms with Gasteiger partial charge in [-0.1, -0.05) is 30.3 Å². The summed E-state index contributed by atoms with van der Waals surface area (Å²) in [6, 6.07) is 15.4. The average Bonchev–Trinajstić information content (AvgIpc) is 2.74. The Kier molecular flexibility index (Phi) is 6.71. The molecule has 0 aliphatic carbocycles. The fourth-order valence-corrected chi connectivity index (χ4v) is 3.28. The Bertz CT molecular complexity index is 1120. The number of carbonyl (C=O) groups excluding carboxylic acids is 1. The summed E-state index contributed by atoms with van der Waals surface area (Å²) in [7, 11) is 1.42. The molecule has 0 fully saturated rings. The minimum atomic E-state index is -4.98. The van der Waals surface area contributed by atoms with Gasteiger partial charge in [0.15, 0.2) is 0 Å². The van der Waals surface area contributed by atoms with E-state index < -0.39 is 35.8 Å². The van der Waals surface area contributed by atoms with Crippen LogP contribution in [0.15, 0.2) is 66.7 Å². The van der Waals surface area contributed by atoms with E-state index in [4.69, 9.17) is 0 Å². The fraction of sp³-hybridized carbons (Fsp3) is 0.208. The minimum absolute atomic E-state index is 0.0408. The third-order valence-electron chi connectivity index (χ3n) is 5.06. The van der Waals surface area contributed by atoms with Crippen molar-refractivity contribution in [3.05, 3.63) is 89.0 Å². The number of nitrogens with one attached hydrogen (secondary N) is 1. The van der Waals surface area contributed by atoms with Crippen LogP contribution in [0.5, 0.6) is 0 Å². The standard InChI is InChI=1S/C24H20F6N2O/c1-15-7-3-4-8-19(15)31-20-9-5-6-10-21(20)32(2)22(33)13-16-11-17(23(25,26)27)14-18(12-16)24(28,29)30/h3-12,14,31H,13H2,1-2H3. The van der Waals surface area contributed by atoms with Crippen LogP contribution in [0.1, 0.15) is 22.3 Å². The number of para-hydroxylation sites is 3. The smallest absolute Gasteiger partial charge is 0.354 e. The molecule has 174 valence electrons. The number of hydrogen-bond donors (Lipinski definition) is 1. The molecule has 3 aromatic carbocycles. The molecule has 0 bridgehead atoms. The molecule has 0 saturated carbocycles. The van der Waals surface area contributed by atoms with Crippen LogP contribution in [0.4, 0.5) is 43.4 Å². The van der Waals surface area contributed by atoms with Crippen LogP contribution >= 0.6 is 0 Å². The highest BCUT2D eigenvalue weighted by Gasteiger charge is 2.37. The second-order valence-corrected chi connectivity index (χ2v) is 7.50. The molecule has 0 aliphatic rings. The minimum Gasteiger partial charge on any atom is -0.354 e. The summed E-state index contributed by atoms with van der Waals surface area (Å²) >= 11 is 0. The van der Waals surface area contributed by atoms with Crippen molar-refractivity contribution in [2.75, 3.05) is 17.3 Å². The first-order valence-electron chi connectivity index (χ1n) is 9.83. The maximum atomic E-state index is 13.1. The van der Waals surface area contributed by atoms with E-state index in [1.165, 1.54) is 11.9 Å². The second-order valence-electron chi connectivity index (χ2n) is 7.50. The number of rotatable bonds is 5. The van der Waals surface area contributed by atoms with Crippen molar-refractivity contribution in [1.82, 2.24) is 0 Å². The van der Waals surface area contributed by atoms with Gasteiger partial charge in [-0.2, -0.15) is 26.3 Å². The van der Waals surface area contributed by atoms with Gasteiger partial charge in [-0.15, -0.1) is 0 Å². The lowest BCUT2D eigenvalue weighted by Crippen LogP contribution is -2.28. The number of hydrogen-bond acceptors (Lipinski definition) is 2. The number of likely N-dealkylation sites (N-methyl/N-ethyl adjacent to an activating group) is 1. The Labute approximate surface area is 186 Å². The van der Waals surface area contributed by atoms with E-state index in [1.807, 2.05) is 31.2 Å². The zero-order valence-corrected chi connectivity index (χ0v) is 17.7. The molecule has 33 heavy (non-hydrogen) atoms. The number of aryl methyl sites for hydroxylation is 1. The van der Waals surface area contributed by atoms with Gasteiger partial charge in [0, 0.05) is 12.7 Å². The lowest BCUT2D eigenvalue weighted by atomic mass is 10.0. The fourth-order valence-electron chi connectivity index (χ4n) is 3.28. The molecule has 0 aliphatic heterocycles. The zero-order chi connectivity index (χ0) is 24.4. The van der Waals surface area contributed by atoms with E-state index in [0.717, 1.165) is 11.3 Å². The molecule has 0 saturated heterocycles. The van der Waals surface area contributed by atoms with Crippen LogP contribution in [-0.2, 0) is 23.6 Å². The molecule has 3 rings (SSSR count). The van der Waals surface area contributed by atoms with Crippen molar-refractivity contribution in [2.24, 2.45) is 0 Å². The molecule has 3 aromatic rings. The molecule has 0 spiro atoms. The zero-order valence-electron chi connectivity index (χ0n) is 17.7. The van der Waals surface area contributed by atoms with Crippen LogP contribution in [0, 0.1) is 6.92 Å². The highest BCUT2D eigenvalue weighted by molar-refractivity contribution is 5.98. The van der Waals surface area contributed by atoms with Gasteiger partial charge in [0.05, 0.1) is 28.9 Å². The predicted octanol–water partition coefficient (Wildman–Crippen LogP) is 6.98. The Morgan fingerprint density at radius 2 is 1.33 bits per heavy atom. The van der Waals surface area contributed by atoms with Gasteiger partial charge in [-0.25, -0.2) is 0 Å². The van der Waals surface area contributed by atoms with Crippen LogP contribution in [0.3, 0.4) is 0 Å². The Morgan fingerprint density at radius 3 is 1.88 bits per heavy atom. The van der Waals surface area contributed by atoms with E-state index in [2.05, 4.69) is 5.32 Å². The van der Waals surface area contributed by atoms with Crippen molar-refractivity contribution < 1.29 is 31.1 Å². The third-order valence-corrected chi connectivity index (χ3v) is 5.06. The van der Waals surface area contributed by atoms with Gasteiger partial charge in [0.1, 0.15) is 0 Å². The quantitative estimate of drug-likeness (QED) is 0.412. The highest BCUT2D eigenvalue weighted by Crippen LogP contribution is 2.37. The Morgan fingerprint density at radius 1 is 0.818 bits per heavy atom. The monoisotopic (exact) mass is 466 g/mol. The first kappa shape index (κ1) is 24.2. The summed E-state index contributed by atoms with van der Waals surface area (Å²) < 4.78 is 78.7. The summed E-state index contributed by atoms with van der Waals surface area (Å²) in [5.41, 5.74) is -0.563. The molecule has 3 nitrogen and oxygen atoms in total. The van der Waals surface area contributed by atoms with Gasteiger partial charge in [-0.3, -0.25) is 4.79 Å². The third kappa shape index (κ3) is 5.85. The largest absolute Gasteiger partial charge is 0.416 e. The van der Waals surface area contributed by atoms with Gasteiger partial charge in [-0.05, 0) is 54.4 Å². The van der Waals surface area contributed by atoms with Gasteiger partial charge < -0.3 is 10.2 Å². The molecular formula is C24H20F6N2O. The van der Waals surface area contributed by atoms with E-state index in [1.54, 1.807) is 24.3 Å². The number of alkyl halides is 6. The van der Waals surface area contributed by atoms with E-state index >= 15 is 0 Å². The molecular weight excluding hydrogens is 446 g/mol. The van der Waals surface area contributed by atoms with E-state index in [9.17, 15) is 31.1 Å². The number of carbonyl (C=O) groups is 1. The summed E-state index contributed by atoms with van der Waals surface area (Å²) in [4.78, 5) is 14.0. The second kappa shape index (κ2) is 9.17. The van der Waals surface area contributed by atoms with Crippen molar-refractivity contribution >= 4 is 23.0 Å². The predicted molar refractivity (Wildman–Crippen MR) is 114 cm³/mol. The van der Waals surface area contributed by atoms with Crippen molar-refractivity contribution in [1.29, 1.82) is 0 Å². The van der Waals surface area contributed by atoms with Crippen molar-refractivity contribution in [3.63, 3.8) is 0 Å². The van der Waals surface area contributed by atoms with E-state index in [-0.39, 0.29) is 11.6 Å². The number of amides is 1. The van der Waals surface area contributed by atoms with Crippen LogP contribution in [0.25, 0.3) is 0 Å². The van der Waals surface area contributed by atoms with Crippen LogP contribution in [-0.4, -0.2) is 13.0 Å². The molecule has 1 N–H and O–H groups in total. The first-order valence-corrected chi connectivity index (χ1v) is 9.83. The van der Waals surface area contributed by atoms with E-state index in [0.29, 0.717) is 23.5 Å². The summed E-state index contributed by atoms with van der Waals surface area (Å²) in [5.74, 6) is -0.665. The van der Waals surface area contributed by atoms with Gasteiger partial charge in [0.2, 0.25) is 5.91 Å². The molecule has 0 heterocycles. The first-order chi connectivity index (χ1) is 15.4. The lowest BCUT2D eigenvalue weighted by molar-refractivity contribution is -0.143. The Balaban J connectivity index is 1.90. The molecule has 9 heteroatoms. The molecule has 0 radical (unpaired) electrons. The average molecular weight is 466 g/mol. The number of nitrogens with zero attached hydrogens (tertiary/aromatic N) is 1. The van der Waals surface area contributed by atoms with Crippen LogP contribution in [0.2, 0.25) is 0 Å². The maximum Gasteiger partial charge on any atom is 0.416 e. The number of benzene rings is 3. The van der Waals surface area contributed by atoms with Crippen molar-refractivity contribution in [2.45, 2.75) is 25.7 Å². The molecule has 0 atom stereocenters.